The third-order valence-electron chi connectivity index (χ3n) is 7.12. The van der Waals surface area contributed by atoms with E-state index in [0.29, 0.717) is 13.5 Å². The van der Waals surface area contributed by atoms with Crippen molar-refractivity contribution in [3.05, 3.63) is 132 Å². The van der Waals surface area contributed by atoms with Crippen molar-refractivity contribution in [2.75, 3.05) is 23.3 Å². The Labute approximate surface area is 233 Å². The molecule has 0 unspecified atom stereocenters. The highest BCUT2D eigenvalue weighted by atomic mass is 16.5. The largest absolute Gasteiger partial charge is 0.473 e. The van der Waals surface area contributed by atoms with Gasteiger partial charge in [-0.15, -0.1) is 0 Å². The highest BCUT2D eigenvalue weighted by Crippen LogP contribution is 2.33. The molecular formula is C34H28N2O4. The van der Waals surface area contributed by atoms with Crippen LogP contribution in [-0.2, 0) is 13.1 Å². The number of hydrogen-bond donors (Lipinski definition) is 0. The minimum Gasteiger partial charge on any atom is -0.473 e. The fourth-order valence-electron chi connectivity index (χ4n) is 4.98. The van der Waals surface area contributed by atoms with Gasteiger partial charge in [0.05, 0.1) is 0 Å². The van der Waals surface area contributed by atoms with Crippen LogP contribution in [0.1, 0.15) is 11.1 Å². The van der Waals surface area contributed by atoms with Crippen molar-refractivity contribution in [3.8, 4) is 34.5 Å². The standard InChI is InChI=1S/C34H28N2O4/c1-3-7-33-25(5-1)21-35(23-37-33)27-9-13-29(14-10-27)39-31-17-19-32(20-18-31)40-30-15-11-28(12-16-30)36-22-26-6-2-4-8-34(26)38-24-36/h1-20H,21-24H2. The van der Waals surface area contributed by atoms with Gasteiger partial charge in [-0.1, -0.05) is 36.4 Å². The first-order chi connectivity index (χ1) is 19.8. The first-order valence-corrected chi connectivity index (χ1v) is 13.3. The van der Waals surface area contributed by atoms with E-state index in [1.54, 1.807) is 0 Å². The maximum atomic E-state index is 6.07. The van der Waals surface area contributed by atoms with Crippen molar-refractivity contribution in [2.24, 2.45) is 0 Å². The van der Waals surface area contributed by atoms with Crippen molar-refractivity contribution in [1.82, 2.24) is 0 Å². The minimum atomic E-state index is 0.530. The maximum Gasteiger partial charge on any atom is 0.161 e. The quantitative estimate of drug-likeness (QED) is 0.223. The molecule has 7 rings (SSSR count). The number of nitrogens with zero attached hydrogens (tertiary/aromatic N) is 2. The van der Waals surface area contributed by atoms with Crippen LogP contribution in [0.5, 0.6) is 34.5 Å². The van der Waals surface area contributed by atoms with Gasteiger partial charge in [0.15, 0.2) is 13.5 Å². The summed E-state index contributed by atoms with van der Waals surface area (Å²) >= 11 is 0. The molecule has 0 saturated heterocycles. The molecule has 198 valence electrons. The summed E-state index contributed by atoms with van der Waals surface area (Å²) in [4.78, 5) is 4.40. The fraction of sp³-hybridized carbons (Fsp3) is 0.118. The molecule has 5 aromatic carbocycles. The normalized spacial score (nSPS) is 13.9. The van der Waals surface area contributed by atoms with E-state index in [1.165, 1.54) is 11.1 Å². The second-order valence-corrected chi connectivity index (χ2v) is 9.82. The molecule has 0 atom stereocenters. The third-order valence-corrected chi connectivity index (χ3v) is 7.12. The summed E-state index contributed by atoms with van der Waals surface area (Å²) in [6.07, 6.45) is 0. The number of benzene rings is 5. The van der Waals surface area contributed by atoms with Crippen molar-refractivity contribution in [3.63, 3.8) is 0 Å². The Morgan fingerprint density at radius 2 is 0.775 bits per heavy atom. The second-order valence-electron chi connectivity index (χ2n) is 9.82. The van der Waals surface area contributed by atoms with E-state index < -0.39 is 0 Å². The van der Waals surface area contributed by atoms with Crippen LogP contribution in [0.25, 0.3) is 0 Å². The van der Waals surface area contributed by atoms with Gasteiger partial charge in [-0.2, -0.15) is 0 Å². The molecule has 0 aliphatic carbocycles. The van der Waals surface area contributed by atoms with Crippen molar-refractivity contribution < 1.29 is 18.9 Å². The summed E-state index contributed by atoms with van der Waals surface area (Å²) in [7, 11) is 0. The van der Waals surface area contributed by atoms with Gasteiger partial charge in [-0.25, -0.2) is 0 Å². The lowest BCUT2D eigenvalue weighted by molar-refractivity contribution is 0.289. The topological polar surface area (TPSA) is 43.4 Å². The SMILES string of the molecule is c1ccc2c(c1)CN(c1ccc(Oc3ccc(Oc4ccc(N5COc6ccccc6C5)cc4)cc3)cc1)CO2. The molecule has 0 bridgehead atoms. The zero-order valence-electron chi connectivity index (χ0n) is 21.9. The van der Waals surface area contributed by atoms with Crippen LogP contribution in [0, 0.1) is 0 Å². The predicted octanol–water partition coefficient (Wildman–Crippen LogP) is 7.98. The van der Waals surface area contributed by atoms with Gasteiger partial charge in [0.25, 0.3) is 0 Å². The zero-order chi connectivity index (χ0) is 26.7. The Bertz CT molecular complexity index is 1480. The molecular weight excluding hydrogens is 500 g/mol. The molecule has 0 radical (unpaired) electrons. The molecule has 40 heavy (non-hydrogen) atoms. The zero-order valence-corrected chi connectivity index (χ0v) is 21.9. The van der Waals surface area contributed by atoms with E-state index in [4.69, 9.17) is 18.9 Å². The van der Waals surface area contributed by atoms with Crippen LogP contribution in [0.15, 0.2) is 121 Å². The average molecular weight is 529 g/mol. The lowest BCUT2D eigenvalue weighted by atomic mass is 10.1. The van der Waals surface area contributed by atoms with Gasteiger partial charge in [-0.05, 0) is 84.9 Å². The average Bonchev–Trinajstić information content (AvgIpc) is 3.02. The second kappa shape index (κ2) is 10.6. The third kappa shape index (κ3) is 5.12. The summed E-state index contributed by atoms with van der Waals surface area (Å²) in [6, 6.07) is 40.1. The molecule has 0 N–H and O–H groups in total. The van der Waals surface area contributed by atoms with Gasteiger partial charge in [0.1, 0.15) is 34.5 Å². The fourth-order valence-corrected chi connectivity index (χ4v) is 4.98. The van der Waals surface area contributed by atoms with Crippen LogP contribution in [0.4, 0.5) is 11.4 Å². The molecule has 0 aromatic heterocycles. The van der Waals surface area contributed by atoms with E-state index in [0.717, 1.165) is 59.0 Å². The smallest absolute Gasteiger partial charge is 0.161 e. The molecule has 0 amide bonds. The Hall–Kier alpha value is -5.10. The van der Waals surface area contributed by atoms with E-state index in [2.05, 4.69) is 46.2 Å². The molecule has 0 fully saturated rings. The van der Waals surface area contributed by atoms with E-state index in [9.17, 15) is 0 Å². The number of para-hydroxylation sites is 2. The molecule has 6 heteroatoms. The summed E-state index contributed by atoms with van der Waals surface area (Å²) in [5.74, 6) is 4.96. The van der Waals surface area contributed by atoms with Crippen LogP contribution < -0.4 is 28.7 Å². The maximum absolute atomic E-state index is 6.07. The van der Waals surface area contributed by atoms with Gasteiger partial charge < -0.3 is 28.7 Å². The lowest BCUT2D eigenvalue weighted by Crippen LogP contribution is -2.31. The number of hydrogen-bond acceptors (Lipinski definition) is 6. The Morgan fingerprint density at radius 1 is 0.425 bits per heavy atom. The molecule has 2 aliphatic rings. The van der Waals surface area contributed by atoms with Crippen LogP contribution in [0.3, 0.4) is 0 Å². The molecule has 2 aliphatic heterocycles. The van der Waals surface area contributed by atoms with Crippen LogP contribution in [0.2, 0.25) is 0 Å². The van der Waals surface area contributed by atoms with E-state index in [1.807, 2.05) is 84.9 Å². The Morgan fingerprint density at radius 3 is 1.18 bits per heavy atom. The molecule has 0 spiro atoms. The Kier molecular flexibility index (Phi) is 6.34. The summed E-state index contributed by atoms with van der Waals surface area (Å²) in [5, 5.41) is 0. The number of anilines is 2. The van der Waals surface area contributed by atoms with Crippen molar-refractivity contribution in [1.29, 1.82) is 0 Å². The first kappa shape index (κ1) is 24.0. The highest BCUT2D eigenvalue weighted by molar-refractivity contribution is 5.54. The van der Waals surface area contributed by atoms with Crippen LogP contribution >= 0.6 is 0 Å². The highest BCUT2D eigenvalue weighted by Gasteiger charge is 2.18. The number of fused-ring (bicyclic) bond motifs is 2. The number of ether oxygens (including phenoxy) is 4. The molecule has 2 heterocycles. The van der Waals surface area contributed by atoms with Crippen molar-refractivity contribution in [2.45, 2.75) is 13.1 Å². The number of rotatable bonds is 6. The van der Waals surface area contributed by atoms with Gasteiger partial charge in [-0.3, -0.25) is 0 Å². The Balaban J connectivity index is 0.944. The monoisotopic (exact) mass is 528 g/mol. The molecule has 0 saturated carbocycles. The minimum absolute atomic E-state index is 0.530. The van der Waals surface area contributed by atoms with E-state index in [-0.39, 0.29) is 0 Å². The van der Waals surface area contributed by atoms with Crippen LogP contribution in [-0.4, -0.2) is 13.5 Å². The van der Waals surface area contributed by atoms with Gasteiger partial charge in [0, 0.05) is 35.6 Å². The summed E-state index contributed by atoms with van der Waals surface area (Å²) in [5.41, 5.74) is 4.56. The predicted molar refractivity (Wildman–Crippen MR) is 156 cm³/mol. The first-order valence-electron chi connectivity index (χ1n) is 13.3. The summed E-state index contributed by atoms with van der Waals surface area (Å²) < 4.78 is 23.9. The molecule has 6 nitrogen and oxygen atoms in total. The van der Waals surface area contributed by atoms with Crippen molar-refractivity contribution >= 4 is 11.4 Å². The van der Waals surface area contributed by atoms with Gasteiger partial charge >= 0.3 is 0 Å². The van der Waals surface area contributed by atoms with Gasteiger partial charge in [0.2, 0.25) is 0 Å². The lowest BCUT2D eigenvalue weighted by Gasteiger charge is -2.30. The summed E-state index contributed by atoms with van der Waals surface area (Å²) in [6.45, 7) is 2.70. The van der Waals surface area contributed by atoms with E-state index >= 15 is 0 Å². The molecule has 5 aromatic rings.